The Morgan fingerprint density at radius 3 is 2.47 bits per heavy atom. The van der Waals surface area contributed by atoms with E-state index in [0.717, 1.165) is 23.2 Å². The molecule has 0 spiro atoms. The standard InChI is InChI=1S/C27H25ClN2O3S/c1-3-18-10-12-21(13-11-18)29-27-30-26(31)24(34-27)16-20-14-22(28)25(23(15-20)32-4-2)33-17-19-8-6-5-7-9-19/h5-16H,3-4,17H2,1-2H3,(H,29,30,31)/b24-16-. The topological polar surface area (TPSA) is 59.9 Å². The van der Waals surface area contributed by atoms with E-state index in [1.54, 1.807) is 12.1 Å². The molecular formula is C27H25ClN2O3S. The van der Waals surface area contributed by atoms with Gasteiger partial charge in [0.1, 0.15) is 6.61 Å². The number of hydrogen-bond acceptors (Lipinski definition) is 5. The third-order valence-electron chi connectivity index (χ3n) is 5.08. The van der Waals surface area contributed by atoms with Crippen molar-refractivity contribution in [2.75, 3.05) is 6.61 Å². The Bertz CT molecular complexity index is 1220. The number of ether oxygens (including phenoxy) is 2. The van der Waals surface area contributed by atoms with Gasteiger partial charge in [-0.15, -0.1) is 0 Å². The van der Waals surface area contributed by atoms with Gasteiger partial charge in [-0.05, 0) is 72.1 Å². The van der Waals surface area contributed by atoms with E-state index < -0.39 is 0 Å². The maximum absolute atomic E-state index is 12.5. The summed E-state index contributed by atoms with van der Waals surface area (Å²) in [6.45, 7) is 4.84. The van der Waals surface area contributed by atoms with Crippen LogP contribution >= 0.6 is 23.4 Å². The summed E-state index contributed by atoms with van der Waals surface area (Å²) in [5.41, 5.74) is 3.81. The molecule has 1 aliphatic heterocycles. The molecule has 3 aromatic carbocycles. The Hall–Kier alpha value is -3.22. The molecule has 1 N–H and O–H groups in total. The van der Waals surface area contributed by atoms with Crippen LogP contribution in [0.5, 0.6) is 11.5 Å². The minimum absolute atomic E-state index is 0.201. The molecule has 1 saturated heterocycles. The van der Waals surface area contributed by atoms with Crippen LogP contribution in [0.4, 0.5) is 5.69 Å². The van der Waals surface area contributed by atoms with Crippen LogP contribution in [0.25, 0.3) is 6.08 Å². The van der Waals surface area contributed by atoms with Gasteiger partial charge >= 0.3 is 0 Å². The highest BCUT2D eigenvalue weighted by Gasteiger charge is 2.24. The molecule has 4 rings (SSSR count). The van der Waals surface area contributed by atoms with Crippen molar-refractivity contribution in [1.29, 1.82) is 0 Å². The number of amidine groups is 1. The molecule has 0 atom stereocenters. The molecule has 174 valence electrons. The molecule has 7 heteroatoms. The number of rotatable bonds is 8. The van der Waals surface area contributed by atoms with Crippen molar-refractivity contribution in [3.05, 3.63) is 93.3 Å². The molecular weight excluding hydrogens is 468 g/mol. The molecule has 3 aromatic rings. The zero-order chi connectivity index (χ0) is 23.9. The highest BCUT2D eigenvalue weighted by atomic mass is 35.5. The number of nitrogens with one attached hydrogen (secondary N) is 1. The first-order chi connectivity index (χ1) is 16.6. The van der Waals surface area contributed by atoms with Gasteiger partial charge in [-0.1, -0.05) is 61.0 Å². The van der Waals surface area contributed by atoms with Crippen LogP contribution in [-0.2, 0) is 17.8 Å². The van der Waals surface area contributed by atoms with Crippen molar-refractivity contribution in [3.8, 4) is 11.5 Å². The second-order valence-electron chi connectivity index (χ2n) is 7.54. The zero-order valence-electron chi connectivity index (χ0n) is 19.0. The molecule has 5 nitrogen and oxygen atoms in total. The monoisotopic (exact) mass is 492 g/mol. The van der Waals surface area contributed by atoms with Crippen molar-refractivity contribution in [3.63, 3.8) is 0 Å². The van der Waals surface area contributed by atoms with Crippen LogP contribution in [-0.4, -0.2) is 17.7 Å². The van der Waals surface area contributed by atoms with Crippen LogP contribution in [0.3, 0.4) is 0 Å². The molecule has 34 heavy (non-hydrogen) atoms. The van der Waals surface area contributed by atoms with Gasteiger partial charge in [-0.3, -0.25) is 4.79 Å². The lowest BCUT2D eigenvalue weighted by molar-refractivity contribution is -0.115. The summed E-state index contributed by atoms with van der Waals surface area (Å²) in [4.78, 5) is 17.6. The summed E-state index contributed by atoms with van der Waals surface area (Å²) >= 11 is 7.84. The predicted molar refractivity (Wildman–Crippen MR) is 140 cm³/mol. The summed E-state index contributed by atoms with van der Waals surface area (Å²) in [6.07, 6.45) is 2.75. The van der Waals surface area contributed by atoms with E-state index in [-0.39, 0.29) is 5.91 Å². The van der Waals surface area contributed by atoms with E-state index in [2.05, 4.69) is 17.2 Å². The smallest absolute Gasteiger partial charge is 0.264 e. The summed E-state index contributed by atoms with van der Waals surface area (Å²) in [5.74, 6) is 0.814. The normalized spacial score (nSPS) is 15.6. The zero-order valence-corrected chi connectivity index (χ0v) is 20.6. The van der Waals surface area contributed by atoms with E-state index in [1.165, 1.54) is 17.3 Å². The van der Waals surface area contributed by atoms with Gasteiger partial charge in [0.25, 0.3) is 5.91 Å². The molecule has 0 bridgehead atoms. The van der Waals surface area contributed by atoms with Gasteiger partial charge in [0.2, 0.25) is 0 Å². The number of halogens is 1. The number of thioether (sulfide) groups is 1. The largest absolute Gasteiger partial charge is 0.490 e. The average Bonchev–Trinajstić information content (AvgIpc) is 3.18. The van der Waals surface area contributed by atoms with Gasteiger partial charge in [0.15, 0.2) is 16.7 Å². The number of aryl methyl sites for hydroxylation is 1. The Kier molecular flexibility index (Phi) is 7.93. The lowest BCUT2D eigenvalue weighted by Crippen LogP contribution is -2.19. The molecule has 0 radical (unpaired) electrons. The Morgan fingerprint density at radius 2 is 1.76 bits per heavy atom. The molecule has 1 aliphatic rings. The van der Waals surface area contributed by atoms with Crippen LogP contribution in [0.2, 0.25) is 5.02 Å². The van der Waals surface area contributed by atoms with E-state index in [4.69, 9.17) is 21.1 Å². The summed E-state index contributed by atoms with van der Waals surface area (Å²) in [5, 5.41) is 3.78. The number of benzene rings is 3. The van der Waals surface area contributed by atoms with Crippen LogP contribution in [0, 0.1) is 0 Å². The van der Waals surface area contributed by atoms with E-state index in [0.29, 0.717) is 39.8 Å². The van der Waals surface area contributed by atoms with Crippen LogP contribution in [0.1, 0.15) is 30.5 Å². The van der Waals surface area contributed by atoms with E-state index in [1.807, 2.05) is 67.6 Å². The van der Waals surface area contributed by atoms with Crippen molar-refractivity contribution in [1.82, 2.24) is 5.32 Å². The minimum atomic E-state index is -0.201. The van der Waals surface area contributed by atoms with Gasteiger partial charge in [-0.2, -0.15) is 0 Å². The Balaban J connectivity index is 1.54. The molecule has 1 amide bonds. The van der Waals surface area contributed by atoms with Crippen molar-refractivity contribution >= 4 is 46.2 Å². The first kappa shape index (κ1) is 23.9. The van der Waals surface area contributed by atoms with Crippen LogP contribution < -0.4 is 14.8 Å². The lowest BCUT2D eigenvalue weighted by Gasteiger charge is -2.14. The predicted octanol–water partition coefficient (Wildman–Crippen LogP) is 6.77. The third kappa shape index (κ3) is 6.01. The molecule has 1 fully saturated rings. The number of amides is 1. The highest BCUT2D eigenvalue weighted by Crippen LogP contribution is 2.39. The summed E-state index contributed by atoms with van der Waals surface area (Å²) < 4.78 is 11.8. The maximum atomic E-state index is 12.5. The van der Waals surface area contributed by atoms with Crippen molar-refractivity contribution in [2.24, 2.45) is 4.99 Å². The highest BCUT2D eigenvalue weighted by molar-refractivity contribution is 8.18. The second kappa shape index (κ2) is 11.3. The van der Waals surface area contributed by atoms with E-state index in [9.17, 15) is 4.79 Å². The Morgan fingerprint density at radius 1 is 1.00 bits per heavy atom. The first-order valence-electron chi connectivity index (χ1n) is 11.1. The molecule has 0 saturated carbocycles. The molecule has 0 unspecified atom stereocenters. The molecule has 1 heterocycles. The Labute approximate surface area is 208 Å². The number of aliphatic imine (C=N–C) groups is 1. The van der Waals surface area contributed by atoms with Gasteiger partial charge in [0.05, 0.1) is 22.2 Å². The summed E-state index contributed by atoms with van der Waals surface area (Å²) in [7, 11) is 0. The third-order valence-corrected chi connectivity index (χ3v) is 6.27. The number of carbonyl (C=O) groups is 1. The molecule has 0 aliphatic carbocycles. The average molecular weight is 493 g/mol. The second-order valence-corrected chi connectivity index (χ2v) is 8.98. The maximum Gasteiger partial charge on any atom is 0.264 e. The van der Waals surface area contributed by atoms with E-state index >= 15 is 0 Å². The number of carbonyl (C=O) groups excluding carboxylic acids is 1. The lowest BCUT2D eigenvalue weighted by atomic mass is 10.1. The SMILES string of the molecule is CCOc1cc(/C=C2\SC(=Nc3ccc(CC)cc3)NC2=O)cc(Cl)c1OCc1ccccc1. The fraction of sp³-hybridized carbons (Fsp3) is 0.185. The molecule has 0 aromatic heterocycles. The fourth-order valence-corrected chi connectivity index (χ4v) is 4.47. The van der Waals surface area contributed by atoms with Gasteiger partial charge in [0, 0.05) is 0 Å². The minimum Gasteiger partial charge on any atom is -0.490 e. The quantitative estimate of drug-likeness (QED) is 0.352. The first-order valence-corrected chi connectivity index (χ1v) is 12.3. The van der Waals surface area contributed by atoms with Gasteiger partial charge in [-0.25, -0.2) is 4.99 Å². The van der Waals surface area contributed by atoms with Gasteiger partial charge < -0.3 is 14.8 Å². The van der Waals surface area contributed by atoms with Crippen LogP contribution in [0.15, 0.2) is 76.6 Å². The number of hydrogen-bond donors (Lipinski definition) is 1. The van der Waals surface area contributed by atoms with Crippen molar-refractivity contribution in [2.45, 2.75) is 26.9 Å². The summed E-state index contributed by atoms with van der Waals surface area (Å²) in [6, 6.07) is 21.4. The fourth-order valence-electron chi connectivity index (χ4n) is 3.36. The number of nitrogens with zero attached hydrogens (tertiary/aromatic N) is 1. The van der Waals surface area contributed by atoms with Crippen molar-refractivity contribution < 1.29 is 14.3 Å².